The van der Waals surface area contributed by atoms with E-state index in [1.165, 1.54) is 11.3 Å². The third-order valence-electron chi connectivity index (χ3n) is 4.26. The number of methoxy groups -OCH3 is 1. The van der Waals surface area contributed by atoms with Crippen LogP contribution in [0.3, 0.4) is 0 Å². The monoisotopic (exact) mass is 363 g/mol. The van der Waals surface area contributed by atoms with Gasteiger partial charge in [-0.05, 0) is 36.4 Å². The summed E-state index contributed by atoms with van der Waals surface area (Å²) in [5.41, 5.74) is 3.27. The lowest BCUT2D eigenvalue weighted by atomic mass is 10.2. The summed E-state index contributed by atoms with van der Waals surface area (Å²) < 4.78 is 7.05. The molecule has 5 nitrogen and oxygen atoms in total. The highest BCUT2D eigenvalue weighted by atomic mass is 32.1. The standard InChI is InChI=1S/C20H17N3O2S/c1-22(15-6-4-3-5-7-15)19(24)18-13-26-20-21-17(12-23(18)20)14-8-10-16(25-2)11-9-14/h3-13H,1-2H3. The number of carbonyl (C=O) groups is 1. The van der Waals surface area contributed by atoms with Gasteiger partial charge < -0.3 is 9.64 Å². The van der Waals surface area contributed by atoms with Crippen molar-refractivity contribution in [2.45, 2.75) is 0 Å². The second-order valence-electron chi connectivity index (χ2n) is 5.83. The van der Waals surface area contributed by atoms with Crippen molar-refractivity contribution in [1.82, 2.24) is 9.38 Å². The van der Waals surface area contributed by atoms with E-state index < -0.39 is 0 Å². The Kier molecular flexibility index (Phi) is 4.18. The molecule has 0 N–H and O–H groups in total. The van der Waals surface area contributed by atoms with Crippen molar-refractivity contribution < 1.29 is 9.53 Å². The predicted octanol–water partition coefficient (Wildman–Crippen LogP) is 4.35. The number of thiazole rings is 1. The molecule has 0 aliphatic rings. The summed E-state index contributed by atoms with van der Waals surface area (Å²) in [5, 5.41) is 1.85. The maximum atomic E-state index is 12.9. The molecule has 0 atom stereocenters. The van der Waals surface area contributed by atoms with Crippen LogP contribution in [0.4, 0.5) is 5.69 Å². The maximum Gasteiger partial charge on any atom is 0.275 e. The number of ether oxygens (including phenoxy) is 1. The van der Waals surface area contributed by atoms with Gasteiger partial charge >= 0.3 is 0 Å². The molecule has 4 aromatic rings. The van der Waals surface area contributed by atoms with Gasteiger partial charge in [0.15, 0.2) is 4.96 Å². The molecular weight excluding hydrogens is 346 g/mol. The molecule has 0 aliphatic heterocycles. The van der Waals surface area contributed by atoms with Crippen LogP contribution >= 0.6 is 11.3 Å². The molecule has 0 spiro atoms. The van der Waals surface area contributed by atoms with Gasteiger partial charge in [-0.15, -0.1) is 11.3 Å². The Morgan fingerprint density at radius 3 is 2.54 bits per heavy atom. The first-order valence-corrected chi connectivity index (χ1v) is 8.99. The topological polar surface area (TPSA) is 46.8 Å². The molecule has 4 rings (SSSR count). The molecule has 2 aromatic heterocycles. The summed E-state index contributed by atoms with van der Waals surface area (Å²) >= 11 is 1.46. The highest BCUT2D eigenvalue weighted by molar-refractivity contribution is 7.15. The first kappa shape index (κ1) is 16.4. The number of aromatic nitrogens is 2. The summed E-state index contributed by atoms with van der Waals surface area (Å²) in [5.74, 6) is 0.733. The van der Waals surface area contributed by atoms with Crippen molar-refractivity contribution in [3.8, 4) is 17.0 Å². The van der Waals surface area contributed by atoms with E-state index >= 15 is 0 Å². The summed E-state index contributed by atoms with van der Waals surface area (Å²) in [6.07, 6.45) is 1.90. The van der Waals surface area contributed by atoms with Crippen LogP contribution in [0.15, 0.2) is 66.2 Å². The fourth-order valence-corrected chi connectivity index (χ4v) is 3.63. The number of anilines is 1. The van der Waals surface area contributed by atoms with Crippen molar-refractivity contribution in [3.05, 3.63) is 71.9 Å². The molecule has 0 bridgehead atoms. The van der Waals surface area contributed by atoms with Crippen LogP contribution in [0.25, 0.3) is 16.2 Å². The summed E-state index contributed by atoms with van der Waals surface area (Å²) in [6.45, 7) is 0. The number of fused-ring (bicyclic) bond motifs is 1. The Labute approximate surface area is 155 Å². The SMILES string of the molecule is COc1ccc(-c2cn3c(C(=O)N(C)c4ccccc4)csc3n2)cc1. The minimum Gasteiger partial charge on any atom is -0.497 e. The number of benzene rings is 2. The first-order chi connectivity index (χ1) is 12.7. The van der Waals surface area contributed by atoms with Crippen LogP contribution < -0.4 is 9.64 Å². The van der Waals surface area contributed by atoms with E-state index in [0.29, 0.717) is 5.69 Å². The predicted molar refractivity (Wildman–Crippen MR) is 104 cm³/mol. The summed E-state index contributed by atoms with van der Waals surface area (Å²) in [4.78, 5) is 20.0. The lowest BCUT2D eigenvalue weighted by Gasteiger charge is -2.16. The van der Waals surface area contributed by atoms with Crippen molar-refractivity contribution >= 4 is 27.9 Å². The second kappa shape index (κ2) is 6.65. The summed E-state index contributed by atoms with van der Waals surface area (Å²) in [6, 6.07) is 17.3. The van der Waals surface area contributed by atoms with Crippen molar-refractivity contribution in [2.24, 2.45) is 0 Å². The molecule has 1 amide bonds. The second-order valence-corrected chi connectivity index (χ2v) is 6.66. The van der Waals surface area contributed by atoms with Gasteiger partial charge in [-0.1, -0.05) is 18.2 Å². The van der Waals surface area contributed by atoms with Crippen LogP contribution in [0.5, 0.6) is 5.75 Å². The maximum absolute atomic E-state index is 12.9. The minimum atomic E-state index is -0.0684. The number of imidazole rings is 1. The highest BCUT2D eigenvalue weighted by Gasteiger charge is 2.19. The number of nitrogens with zero attached hydrogens (tertiary/aromatic N) is 3. The van der Waals surface area contributed by atoms with Gasteiger partial charge in [-0.25, -0.2) is 4.98 Å². The highest BCUT2D eigenvalue weighted by Crippen LogP contribution is 2.26. The lowest BCUT2D eigenvalue weighted by molar-refractivity contribution is 0.0987. The molecule has 2 heterocycles. The number of amides is 1. The van der Waals surface area contributed by atoms with E-state index in [-0.39, 0.29) is 5.91 Å². The van der Waals surface area contributed by atoms with E-state index in [2.05, 4.69) is 4.98 Å². The van der Waals surface area contributed by atoms with E-state index in [0.717, 1.165) is 27.7 Å². The molecule has 0 saturated heterocycles. The number of para-hydroxylation sites is 1. The molecule has 6 heteroatoms. The van der Waals surface area contributed by atoms with Gasteiger partial charge in [0.25, 0.3) is 5.91 Å². The zero-order chi connectivity index (χ0) is 18.1. The molecule has 0 radical (unpaired) electrons. The average Bonchev–Trinajstić information content (AvgIpc) is 3.28. The minimum absolute atomic E-state index is 0.0684. The van der Waals surface area contributed by atoms with Crippen molar-refractivity contribution in [3.63, 3.8) is 0 Å². The van der Waals surface area contributed by atoms with Gasteiger partial charge in [0.05, 0.1) is 12.8 Å². The first-order valence-electron chi connectivity index (χ1n) is 8.11. The normalized spacial score (nSPS) is 10.8. The van der Waals surface area contributed by atoms with Crippen LogP contribution in [-0.2, 0) is 0 Å². The van der Waals surface area contributed by atoms with E-state index in [1.54, 1.807) is 19.1 Å². The Hall–Kier alpha value is -3.12. The van der Waals surface area contributed by atoms with Gasteiger partial charge in [0.2, 0.25) is 0 Å². The molecule has 0 saturated carbocycles. The van der Waals surface area contributed by atoms with Crippen molar-refractivity contribution in [2.75, 3.05) is 19.1 Å². The van der Waals surface area contributed by atoms with Crippen LogP contribution in [0.2, 0.25) is 0 Å². The molecule has 26 heavy (non-hydrogen) atoms. The number of carbonyl (C=O) groups excluding carboxylic acids is 1. The smallest absolute Gasteiger partial charge is 0.275 e. The Balaban J connectivity index is 1.68. The van der Waals surface area contributed by atoms with Crippen LogP contribution in [-0.4, -0.2) is 29.4 Å². The number of rotatable bonds is 4. The van der Waals surface area contributed by atoms with E-state index in [4.69, 9.17) is 4.74 Å². The molecule has 0 fully saturated rings. The van der Waals surface area contributed by atoms with Crippen LogP contribution in [0, 0.1) is 0 Å². The fraction of sp³-hybridized carbons (Fsp3) is 0.100. The van der Waals surface area contributed by atoms with E-state index in [1.807, 2.05) is 70.6 Å². The largest absolute Gasteiger partial charge is 0.497 e. The molecule has 130 valence electrons. The molecular formula is C20H17N3O2S. The molecule has 0 aliphatic carbocycles. The van der Waals surface area contributed by atoms with Crippen LogP contribution in [0.1, 0.15) is 10.5 Å². The third-order valence-corrected chi connectivity index (χ3v) is 5.10. The Morgan fingerprint density at radius 2 is 1.85 bits per heavy atom. The molecule has 0 unspecified atom stereocenters. The fourth-order valence-electron chi connectivity index (χ4n) is 2.78. The Bertz CT molecular complexity index is 1050. The third kappa shape index (κ3) is 2.84. The lowest BCUT2D eigenvalue weighted by Crippen LogP contribution is -2.27. The molecule has 2 aromatic carbocycles. The summed E-state index contributed by atoms with van der Waals surface area (Å²) in [7, 11) is 3.42. The quantitative estimate of drug-likeness (QED) is 0.542. The van der Waals surface area contributed by atoms with Gasteiger partial charge in [0, 0.05) is 29.9 Å². The van der Waals surface area contributed by atoms with Gasteiger partial charge in [-0.2, -0.15) is 0 Å². The Morgan fingerprint density at radius 1 is 1.12 bits per heavy atom. The van der Waals surface area contributed by atoms with Gasteiger partial charge in [0.1, 0.15) is 11.4 Å². The number of hydrogen-bond acceptors (Lipinski definition) is 4. The zero-order valence-corrected chi connectivity index (χ0v) is 15.2. The zero-order valence-electron chi connectivity index (χ0n) is 14.4. The average molecular weight is 363 g/mol. The van der Waals surface area contributed by atoms with Crippen molar-refractivity contribution in [1.29, 1.82) is 0 Å². The number of hydrogen-bond donors (Lipinski definition) is 0. The van der Waals surface area contributed by atoms with Gasteiger partial charge in [-0.3, -0.25) is 9.20 Å². The van der Waals surface area contributed by atoms with E-state index in [9.17, 15) is 4.79 Å².